The van der Waals surface area contributed by atoms with Crippen LogP contribution in [-0.2, 0) is 11.3 Å². The van der Waals surface area contributed by atoms with Gasteiger partial charge in [-0.15, -0.1) is 0 Å². The Hall–Kier alpha value is -4.08. The summed E-state index contributed by atoms with van der Waals surface area (Å²) in [5, 5.41) is 10.5. The third-order valence-corrected chi connectivity index (χ3v) is 8.56. The maximum absolute atomic E-state index is 11.9. The molecule has 0 saturated carbocycles. The van der Waals surface area contributed by atoms with E-state index in [2.05, 4.69) is 45.0 Å². The number of carbonyl (C=O) groups is 1. The van der Waals surface area contributed by atoms with E-state index in [-0.39, 0.29) is 5.56 Å². The molecular formula is C36H38ClN3O5. The number of hydrogen-bond donors (Lipinski definition) is 1. The SMILES string of the molecule is O=C(O)c1ccc(N2CCN(Cc3cc(OCCN4CCOCC4)ccc3-c3ccc(Cl)cc3)CC2)cc1Oc1ccccc1. The summed E-state index contributed by atoms with van der Waals surface area (Å²) in [6.07, 6.45) is 0. The van der Waals surface area contributed by atoms with E-state index in [4.69, 9.17) is 25.8 Å². The highest BCUT2D eigenvalue weighted by atomic mass is 35.5. The van der Waals surface area contributed by atoms with Crippen molar-refractivity contribution in [2.24, 2.45) is 0 Å². The number of aromatic carboxylic acids is 1. The number of piperazine rings is 1. The quantitative estimate of drug-likeness (QED) is 0.201. The van der Waals surface area contributed by atoms with Crippen LogP contribution in [0.5, 0.6) is 17.2 Å². The lowest BCUT2D eigenvalue weighted by Gasteiger charge is -2.36. The molecule has 234 valence electrons. The Morgan fingerprint density at radius 3 is 2.29 bits per heavy atom. The number of morpholine rings is 1. The van der Waals surface area contributed by atoms with Crippen LogP contribution in [0.1, 0.15) is 15.9 Å². The van der Waals surface area contributed by atoms with Gasteiger partial charge in [0.2, 0.25) is 0 Å². The summed E-state index contributed by atoms with van der Waals surface area (Å²) in [4.78, 5) is 19.0. The molecule has 1 N–H and O–H groups in total. The molecule has 4 aromatic carbocycles. The Morgan fingerprint density at radius 1 is 0.800 bits per heavy atom. The maximum Gasteiger partial charge on any atom is 0.339 e. The lowest BCUT2D eigenvalue weighted by molar-refractivity contribution is 0.0322. The highest BCUT2D eigenvalue weighted by Gasteiger charge is 2.22. The molecule has 8 nitrogen and oxygen atoms in total. The van der Waals surface area contributed by atoms with Crippen LogP contribution in [-0.4, -0.2) is 86.5 Å². The van der Waals surface area contributed by atoms with Crippen LogP contribution in [0, 0.1) is 0 Å². The van der Waals surface area contributed by atoms with E-state index in [0.717, 1.165) is 82.6 Å². The molecule has 0 bridgehead atoms. The van der Waals surface area contributed by atoms with Gasteiger partial charge in [0.05, 0.1) is 13.2 Å². The van der Waals surface area contributed by atoms with Crippen LogP contribution in [0.2, 0.25) is 5.02 Å². The van der Waals surface area contributed by atoms with Gasteiger partial charge in [-0.1, -0.05) is 48.0 Å². The van der Waals surface area contributed by atoms with Crippen molar-refractivity contribution in [1.29, 1.82) is 0 Å². The van der Waals surface area contributed by atoms with Gasteiger partial charge in [-0.2, -0.15) is 0 Å². The van der Waals surface area contributed by atoms with Crippen molar-refractivity contribution in [2.45, 2.75) is 6.54 Å². The van der Waals surface area contributed by atoms with Crippen molar-refractivity contribution in [1.82, 2.24) is 9.80 Å². The second-order valence-electron chi connectivity index (χ2n) is 11.3. The monoisotopic (exact) mass is 627 g/mol. The first-order valence-corrected chi connectivity index (χ1v) is 15.8. The fourth-order valence-corrected chi connectivity index (χ4v) is 5.93. The molecule has 2 aliphatic heterocycles. The molecule has 6 rings (SSSR count). The summed E-state index contributed by atoms with van der Waals surface area (Å²) < 4.78 is 17.7. The average Bonchev–Trinajstić information content (AvgIpc) is 3.07. The van der Waals surface area contributed by atoms with Crippen LogP contribution in [0.25, 0.3) is 11.1 Å². The van der Waals surface area contributed by atoms with E-state index in [1.54, 1.807) is 6.07 Å². The minimum atomic E-state index is -1.01. The zero-order chi connectivity index (χ0) is 31.0. The number of hydrogen-bond acceptors (Lipinski definition) is 7. The van der Waals surface area contributed by atoms with Gasteiger partial charge in [0.25, 0.3) is 0 Å². The molecule has 0 aliphatic carbocycles. The smallest absolute Gasteiger partial charge is 0.339 e. The highest BCUT2D eigenvalue weighted by Crippen LogP contribution is 2.32. The summed E-state index contributed by atoms with van der Waals surface area (Å²) >= 11 is 6.20. The van der Waals surface area contributed by atoms with Gasteiger partial charge in [0.1, 0.15) is 29.4 Å². The number of carboxylic acids is 1. The molecular weight excluding hydrogens is 590 g/mol. The molecule has 0 unspecified atom stereocenters. The fourth-order valence-electron chi connectivity index (χ4n) is 5.81. The van der Waals surface area contributed by atoms with E-state index in [1.807, 2.05) is 54.6 Å². The highest BCUT2D eigenvalue weighted by molar-refractivity contribution is 6.30. The molecule has 0 spiro atoms. The number of ether oxygens (including phenoxy) is 3. The summed E-state index contributed by atoms with van der Waals surface area (Å²) in [7, 11) is 0. The van der Waals surface area contributed by atoms with E-state index < -0.39 is 5.97 Å². The van der Waals surface area contributed by atoms with Crippen molar-refractivity contribution >= 4 is 23.3 Å². The molecule has 9 heteroatoms. The standard InChI is InChI=1S/C36H38ClN3O5/c37-29-8-6-27(7-9-29)33-13-11-32(44-23-20-38-18-21-43-22-19-38)24-28(33)26-39-14-16-40(17-15-39)30-10-12-34(36(41)42)35(25-30)45-31-4-2-1-3-5-31/h1-13,24-25H,14-23,26H2,(H,41,42). The van der Waals surface area contributed by atoms with Gasteiger partial charge in [0.15, 0.2) is 0 Å². The van der Waals surface area contributed by atoms with Crippen molar-refractivity contribution < 1.29 is 24.1 Å². The first kappa shape index (κ1) is 30.9. The van der Waals surface area contributed by atoms with E-state index in [0.29, 0.717) is 23.1 Å². The zero-order valence-corrected chi connectivity index (χ0v) is 26.0. The Morgan fingerprint density at radius 2 is 1.56 bits per heavy atom. The number of para-hydroxylation sites is 1. The van der Waals surface area contributed by atoms with Gasteiger partial charge in [0, 0.05) is 69.1 Å². The normalized spacial score (nSPS) is 16.0. The summed E-state index contributed by atoms with van der Waals surface area (Å²) in [5.41, 5.74) is 4.59. The van der Waals surface area contributed by atoms with Gasteiger partial charge in [-0.3, -0.25) is 9.80 Å². The van der Waals surface area contributed by atoms with Crippen LogP contribution in [0.15, 0.2) is 91.0 Å². The van der Waals surface area contributed by atoms with Crippen molar-refractivity contribution in [3.63, 3.8) is 0 Å². The van der Waals surface area contributed by atoms with Gasteiger partial charge >= 0.3 is 5.97 Å². The zero-order valence-electron chi connectivity index (χ0n) is 25.2. The number of carboxylic acid groups (broad SMARTS) is 1. The Balaban J connectivity index is 1.14. The lowest BCUT2D eigenvalue weighted by atomic mass is 9.98. The van der Waals surface area contributed by atoms with Crippen LogP contribution < -0.4 is 14.4 Å². The van der Waals surface area contributed by atoms with Crippen LogP contribution in [0.4, 0.5) is 5.69 Å². The molecule has 0 aromatic heterocycles. The third-order valence-electron chi connectivity index (χ3n) is 8.31. The third kappa shape index (κ3) is 8.15. The predicted octanol–water partition coefficient (Wildman–Crippen LogP) is 6.53. The van der Waals surface area contributed by atoms with Crippen molar-refractivity contribution in [2.75, 3.05) is 70.5 Å². The Kier molecular flexibility index (Phi) is 10.2. The summed E-state index contributed by atoms with van der Waals surface area (Å²) in [5.74, 6) is 0.803. The fraction of sp³-hybridized carbons (Fsp3) is 0.306. The predicted molar refractivity (Wildman–Crippen MR) is 177 cm³/mol. The van der Waals surface area contributed by atoms with Crippen molar-refractivity contribution in [3.05, 3.63) is 107 Å². The maximum atomic E-state index is 11.9. The second-order valence-corrected chi connectivity index (χ2v) is 11.7. The molecule has 0 radical (unpaired) electrons. The molecule has 2 saturated heterocycles. The van der Waals surface area contributed by atoms with Crippen molar-refractivity contribution in [3.8, 4) is 28.4 Å². The summed E-state index contributed by atoms with van der Waals surface area (Å²) in [6.45, 7) is 9.09. The number of rotatable bonds is 11. The van der Waals surface area contributed by atoms with Gasteiger partial charge in [-0.05, 0) is 65.2 Å². The van der Waals surface area contributed by atoms with E-state index >= 15 is 0 Å². The Bertz CT molecular complexity index is 1570. The molecule has 2 aliphatic rings. The topological polar surface area (TPSA) is 74.7 Å². The molecule has 0 amide bonds. The first-order chi connectivity index (χ1) is 22.0. The summed E-state index contributed by atoms with van der Waals surface area (Å²) in [6, 6.07) is 29.0. The molecule has 45 heavy (non-hydrogen) atoms. The number of anilines is 1. The van der Waals surface area contributed by atoms with Gasteiger partial charge < -0.3 is 24.2 Å². The van der Waals surface area contributed by atoms with E-state index in [9.17, 15) is 9.90 Å². The minimum Gasteiger partial charge on any atom is -0.492 e. The van der Waals surface area contributed by atoms with Crippen LogP contribution >= 0.6 is 11.6 Å². The molecule has 2 fully saturated rings. The average molecular weight is 628 g/mol. The van der Waals surface area contributed by atoms with E-state index in [1.165, 1.54) is 11.1 Å². The number of benzene rings is 4. The number of halogens is 1. The lowest BCUT2D eigenvalue weighted by Crippen LogP contribution is -2.46. The number of nitrogens with zero attached hydrogens (tertiary/aromatic N) is 3. The largest absolute Gasteiger partial charge is 0.492 e. The second kappa shape index (κ2) is 14.8. The molecule has 0 atom stereocenters. The van der Waals surface area contributed by atoms with Gasteiger partial charge in [-0.25, -0.2) is 4.79 Å². The minimum absolute atomic E-state index is 0.142. The molecule has 2 heterocycles. The molecule has 4 aromatic rings. The first-order valence-electron chi connectivity index (χ1n) is 15.4. The van der Waals surface area contributed by atoms with Crippen LogP contribution in [0.3, 0.4) is 0 Å². The Labute approximate surface area is 269 Å².